The molecule has 3 aromatic rings. The van der Waals surface area contributed by atoms with Crippen LogP contribution < -0.4 is 15.0 Å². The lowest BCUT2D eigenvalue weighted by molar-refractivity contribution is -0.419. The maximum atomic E-state index is 15.1. The number of aryl methyl sites for hydroxylation is 2. The lowest BCUT2D eigenvalue weighted by Gasteiger charge is -2.35. The van der Waals surface area contributed by atoms with Crippen molar-refractivity contribution in [2.24, 2.45) is 0 Å². The standard InChI is InChI=1S/C23H28FN5O6/c1-12-17-9-16(34-23(30,31)32)10-18(24)20(17)27-21(19(12)22-25-13(2)28-35-22)29-6-3-14(4-7-29)26-15-5-8-33-11-15/h9-10,14-15,26,30-32H,3-8,11H2,1-2H3. The average Bonchev–Trinajstić information content (AvgIpc) is 3.45. The van der Waals surface area contributed by atoms with Crippen molar-refractivity contribution < 1.29 is 33.7 Å². The van der Waals surface area contributed by atoms with E-state index in [1.54, 1.807) is 13.8 Å². The number of piperidine rings is 1. The molecule has 1 unspecified atom stereocenters. The molecule has 0 bridgehead atoms. The summed E-state index contributed by atoms with van der Waals surface area (Å²) >= 11 is 0. The van der Waals surface area contributed by atoms with Gasteiger partial charge in [0.2, 0.25) is 0 Å². The zero-order chi connectivity index (χ0) is 24.7. The van der Waals surface area contributed by atoms with Crippen LogP contribution in [-0.2, 0) is 4.74 Å². The largest absolute Gasteiger partial charge is 0.453 e. The van der Waals surface area contributed by atoms with E-state index in [1.165, 1.54) is 6.07 Å². The number of aromatic nitrogens is 3. The average molecular weight is 490 g/mol. The first-order chi connectivity index (χ1) is 16.7. The Labute approximate surface area is 200 Å². The third kappa shape index (κ3) is 5.07. The summed E-state index contributed by atoms with van der Waals surface area (Å²) in [5, 5.41) is 35.4. The fourth-order valence-electron chi connectivity index (χ4n) is 4.80. The molecule has 2 fully saturated rings. The summed E-state index contributed by atoms with van der Waals surface area (Å²) in [5.74, 6) is 0.212. The SMILES string of the molecule is Cc1noc(-c2c(N3CCC(NC4CCOC4)CC3)nc3c(F)cc(OC(O)(O)O)cc3c2C)n1. The second-order valence-corrected chi connectivity index (χ2v) is 9.05. The van der Waals surface area contributed by atoms with Crippen LogP contribution in [0.2, 0.25) is 0 Å². The van der Waals surface area contributed by atoms with Gasteiger partial charge >= 0.3 is 6.16 Å². The fourth-order valence-corrected chi connectivity index (χ4v) is 4.80. The number of nitrogens with zero attached hydrogens (tertiary/aromatic N) is 4. The van der Waals surface area contributed by atoms with Crippen LogP contribution >= 0.6 is 0 Å². The predicted molar refractivity (Wildman–Crippen MR) is 122 cm³/mol. The topological polar surface area (TPSA) is 146 Å². The molecule has 4 heterocycles. The van der Waals surface area contributed by atoms with Crippen LogP contribution in [0, 0.1) is 19.7 Å². The van der Waals surface area contributed by atoms with E-state index in [4.69, 9.17) is 24.6 Å². The van der Waals surface area contributed by atoms with Gasteiger partial charge in [0.15, 0.2) is 11.6 Å². The molecular weight excluding hydrogens is 461 g/mol. The van der Waals surface area contributed by atoms with Crippen molar-refractivity contribution >= 4 is 16.7 Å². The normalized spacial score (nSPS) is 19.6. The van der Waals surface area contributed by atoms with Crippen molar-refractivity contribution in [1.29, 1.82) is 0 Å². The second kappa shape index (κ2) is 9.28. The summed E-state index contributed by atoms with van der Waals surface area (Å²) in [5.41, 5.74) is 1.24. The molecule has 2 aliphatic heterocycles. The molecule has 0 saturated carbocycles. The summed E-state index contributed by atoms with van der Waals surface area (Å²) in [6.45, 7) is 6.40. The van der Waals surface area contributed by atoms with Gasteiger partial charge < -0.3 is 39.5 Å². The van der Waals surface area contributed by atoms with E-state index in [0.29, 0.717) is 53.3 Å². The summed E-state index contributed by atoms with van der Waals surface area (Å²) in [6.07, 6.45) is -0.658. The number of hydrogen-bond donors (Lipinski definition) is 4. The molecule has 1 atom stereocenters. The Morgan fingerprint density at radius 3 is 2.51 bits per heavy atom. The monoisotopic (exact) mass is 489 g/mol. The van der Waals surface area contributed by atoms with Gasteiger partial charge in [-0.05, 0) is 44.7 Å². The second-order valence-electron chi connectivity index (χ2n) is 9.05. The number of aliphatic hydroxyl groups is 3. The van der Waals surface area contributed by atoms with E-state index in [-0.39, 0.29) is 17.2 Å². The third-order valence-electron chi connectivity index (χ3n) is 6.45. The Hall–Kier alpha value is -2.90. The Morgan fingerprint density at radius 2 is 1.89 bits per heavy atom. The highest BCUT2D eigenvalue weighted by molar-refractivity contribution is 5.93. The summed E-state index contributed by atoms with van der Waals surface area (Å²) < 4.78 is 30.7. The van der Waals surface area contributed by atoms with Gasteiger partial charge in [0.25, 0.3) is 5.89 Å². The molecule has 0 radical (unpaired) electrons. The van der Waals surface area contributed by atoms with E-state index in [9.17, 15) is 0 Å². The van der Waals surface area contributed by atoms with E-state index < -0.39 is 12.0 Å². The van der Waals surface area contributed by atoms with Gasteiger partial charge in [-0.1, -0.05) is 5.16 Å². The zero-order valence-electron chi connectivity index (χ0n) is 19.5. The van der Waals surface area contributed by atoms with Gasteiger partial charge in [-0.15, -0.1) is 0 Å². The van der Waals surface area contributed by atoms with Crippen LogP contribution in [0.25, 0.3) is 22.4 Å². The number of halogens is 1. The number of hydrogen-bond acceptors (Lipinski definition) is 11. The molecule has 11 nitrogen and oxygen atoms in total. The number of anilines is 1. The van der Waals surface area contributed by atoms with E-state index in [2.05, 4.69) is 30.1 Å². The highest BCUT2D eigenvalue weighted by Gasteiger charge is 2.30. The molecule has 12 heteroatoms. The van der Waals surface area contributed by atoms with Gasteiger partial charge in [-0.2, -0.15) is 4.98 Å². The molecule has 1 aromatic carbocycles. The molecule has 0 spiro atoms. The first kappa shape index (κ1) is 23.8. The Kier molecular flexibility index (Phi) is 6.32. The van der Waals surface area contributed by atoms with E-state index >= 15 is 4.39 Å². The van der Waals surface area contributed by atoms with Gasteiger partial charge in [0.1, 0.15) is 17.1 Å². The molecule has 2 saturated heterocycles. The van der Waals surface area contributed by atoms with Crippen LogP contribution in [0.1, 0.15) is 30.7 Å². The maximum absolute atomic E-state index is 15.1. The summed E-state index contributed by atoms with van der Waals surface area (Å²) in [4.78, 5) is 11.1. The predicted octanol–water partition coefficient (Wildman–Crippen LogP) is 1.36. The molecule has 0 aliphatic carbocycles. The molecule has 188 valence electrons. The minimum Gasteiger partial charge on any atom is -0.417 e. The van der Waals surface area contributed by atoms with Crippen molar-refractivity contribution in [2.45, 2.75) is 51.4 Å². The molecule has 35 heavy (non-hydrogen) atoms. The van der Waals surface area contributed by atoms with Gasteiger partial charge in [0.05, 0.1) is 12.2 Å². The number of ether oxygens (including phenoxy) is 2. The zero-order valence-corrected chi connectivity index (χ0v) is 19.5. The van der Waals surface area contributed by atoms with Crippen molar-refractivity contribution in [3.8, 4) is 17.2 Å². The number of pyridine rings is 1. The highest BCUT2D eigenvalue weighted by atomic mass is 19.1. The van der Waals surface area contributed by atoms with E-state index in [1.807, 2.05) is 0 Å². The summed E-state index contributed by atoms with van der Waals surface area (Å²) in [7, 11) is 0. The van der Waals surface area contributed by atoms with Crippen LogP contribution in [0.15, 0.2) is 16.7 Å². The van der Waals surface area contributed by atoms with Gasteiger partial charge in [-0.3, -0.25) is 0 Å². The molecule has 4 N–H and O–H groups in total. The number of benzene rings is 1. The summed E-state index contributed by atoms with van der Waals surface area (Å²) in [6, 6.07) is 3.05. The minimum atomic E-state index is -3.45. The van der Waals surface area contributed by atoms with E-state index in [0.717, 1.165) is 38.5 Å². The van der Waals surface area contributed by atoms with Crippen molar-refractivity contribution in [1.82, 2.24) is 20.4 Å². The quantitative estimate of drug-likeness (QED) is 0.372. The van der Waals surface area contributed by atoms with Gasteiger partial charge in [-0.25, -0.2) is 9.37 Å². The number of rotatable bonds is 6. The Bertz CT molecular complexity index is 1220. The first-order valence-electron chi connectivity index (χ1n) is 11.6. The third-order valence-corrected chi connectivity index (χ3v) is 6.45. The smallest absolute Gasteiger partial charge is 0.417 e. The van der Waals surface area contributed by atoms with Crippen LogP contribution in [-0.4, -0.2) is 75.0 Å². The van der Waals surface area contributed by atoms with Crippen molar-refractivity contribution in [3.05, 3.63) is 29.3 Å². The molecule has 2 aliphatic rings. The molecule has 0 amide bonds. The molecule has 2 aromatic heterocycles. The van der Waals surface area contributed by atoms with Crippen LogP contribution in [0.3, 0.4) is 0 Å². The van der Waals surface area contributed by atoms with Crippen molar-refractivity contribution in [3.63, 3.8) is 0 Å². The lowest BCUT2D eigenvalue weighted by atomic mass is 9.99. The maximum Gasteiger partial charge on any atom is 0.453 e. The lowest BCUT2D eigenvalue weighted by Crippen LogP contribution is -2.46. The Morgan fingerprint density at radius 1 is 1.11 bits per heavy atom. The number of nitrogens with one attached hydrogen (secondary N) is 1. The fraction of sp³-hybridized carbons (Fsp3) is 0.522. The number of fused-ring (bicyclic) bond motifs is 1. The first-order valence-corrected chi connectivity index (χ1v) is 11.6. The Balaban J connectivity index is 1.52. The van der Waals surface area contributed by atoms with Gasteiger partial charge in [0, 0.05) is 43.2 Å². The molecule has 5 rings (SSSR count). The molecular formula is C23H28FN5O6. The van der Waals surface area contributed by atoms with Crippen molar-refractivity contribution in [2.75, 3.05) is 31.2 Å². The van der Waals surface area contributed by atoms with Crippen LogP contribution in [0.4, 0.5) is 10.2 Å². The minimum absolute atomic E-state index is 0.0765. The van der Waals surface area contributed by atoms with Crippen LogP contribution in [0.5, 0.6) is 5.75 Å². The highest BCUT2D eigenvalue weighted by Crippen LogP contribution is 2.39.